The molecule has 0 aromatic rings. The van der Waals surface area contributed by atoms with E-state index in [1.54, 1.807) is 0 Å². The Hall–Kier alpha value is -0.810. The number of amides is 2. The van der Waals surface area contributed by atoms with Crippen LogP contribution in [0, 0.1) is 11.8 Å². The van der Waals surface area contributed by atoms with Crippen molar-refractivity contribution in [3.8, 4) is 0 Å². The number of carbonyl (C=O) groups excluding carboxylic acids is 1. The summed E-state index contributed by atoms with van der Waals surface area (Å²) >= 11 is 0. The van der Waals surface area contributed by atoms with Gasteiger partial charge in [0.15, 0.2) is 0 Å². The molecule has 0 radical (unpaired) electrons. The van der Waals surface area contributed by atoms with Gasteiger partial charge in [-0.2, -0.15) is 0 Å². The molecule has 0 aromatic carbocycles. The maximum atomic E-state index is 12.2. The lowest BCUT2D eigenvalue weighted by molar-refractivity contribution is 0.167. The van der Waals surface area contributed by atoms with E-state index >= 15 is 0 Å². The molecule has 2 aliphatic heterocycles. The number of likely N-dealkylation sites (tertiary alicyclic amines) is 2. The van der Waals surface area contributed by atoms with Gasteiger partial charge < -0.3 is 20.4 Å². The Labute approximate surface area is 148 Å². The SMILES string of the molecule is CC(C)CN1CCC(NC(=O)NC2CCN(CC(C)C)CC2)CC1. The van der Waals surface area contributed by atoms with Crippen LogP contribution in [0.15, 0.2) is 0 Å². The van der Waals surface area contributed by atoms with Gasteiger partial charge in [-0.1, -0.05) is 27.7 Å². The van der Waals surface area contributed by atoms with Crippen LogP contribution in [-0.2, 0) is 0 Å². The lowest BCUT2D eigenvalue weighted by Crippen LogP contribution is -2.52. The molecule has 5 heteroatoms. The molecule has 0 aliphatic carbocycles. The van der Waals surface area contributed by atoms with Gasteiger partial charge in [0.1, 0.15) is 0 Å². The van der Waals surface area contributed by atoms with Gasteiger partial charge in [-0.15, -0.1) is 0 Å². The standard InChI is InChI=1S/C19H38N4O/c1-15(2)13-22-9-5-17(6-10-22)20-19(24)21-18-7-11-23(12-8-18)14-16(3)4/h15-18H,5-14H2,1-4H3,(H2,20,21,24). The number of hydrogen-bond donors (Lipinski definition) is 2. The summed E-state index contributed by atoms with van der Waals surface area (Å²) in [6, 6.07) is 0.725. The first-order chi connectivity index (χ1) is 11.4. The summed E-state index contributed by atoms with van der Waals surface area (Å²) in [5.41, 5.74) is 0. The summed E-state index contributed by atoms with van der Waals surface area (Å²) in [6.45, 7) is 15.9. The van der Waals surface area contributed by atoms with Crippen molar-refractivity contribution in [2.45, 2.75) is 65.5 Å². The Kier molecular flexibility index (Phi) is 7.82. The Bertz CT molecular complexity index is 336. The second kappa shape index (κ2) is 9.62. The number of urea groups is 1. The summed E-state index contributed by atoms with van der Waals surface area (Å²) in [6.07, 6.45) is 4.31. The van der Waals surface area contributed by atoms with Gasteiger partial charge in [0.05, 0.1) is 0 Å². The third-order valence-corrected chi connectivity index (χ3v) is 5.09. The van der Waals surface area contributed by atoms with Crippen LogP contribution in [0.2, 0.25) is 0 Å². The fourth-order valence-corrected chi connectivity index (χ4v) is 3.97. The quantitative estimate of drug-likeness (QED) is 0.782. The van der Waals surface area contributed by atoms with Crippen molar-refractivity contribution >= 4 is 6.03 Å². The van der Waals surface area contributed by atoms with Crippen molar-refractivity contribution < 1.29 is 4.79 Å². The number of rotatable bonds is 6. The van der Waals surface area contributed by atoms with E-state index in [-0.39, 0.29) is 6.03 Å². The Morgan fingerprint density at radius 3 is 1.42 bits per heavy atom. The van der Waals surface area contributed by atoms with Gasteiger partial charge in [0.2, 0.25) is 0 Å². The second-order valence-electron chi connectivity index (χ2n) is 8.56. The molecular weight excluding hydrogens is 300 g/mol. The first-order valence-corrected chi connectivity index (χ1v) is 9.94. The van der Waals surface area contributed by atoms with E-state index in [0.717, 1.165) is 63.7 Å². The number of hydrogen-bond acceptors (Lipinski definition) is 3. The zero-order chi connectivity index (χ0) is 17.5. The van der Waals surface area contributed by atoms with Crippen LogP contribution >= 0.6 is 0 Å². The summed E-state index contributed by atoms with van der Waals surface area (Å²) < 4.78 is 0. The van der Waals surface area contributed by atoms with E-state index in [0.29, 0.717) is 12.1 Å². The molecule has 0 spiro atoms. The highest BCUT2D eigenvalue weighted by Gasteiger charge is 2.24. The fourth-order valence-electron chi connectivity index (χ4n) is 3.97. The van der Waals surface area contributed by atoms with E-state index in [1.165, 1.54) is 13.1 Å². The molecule has 2 amide bonds. The van der Waals surface area contributed by atoms with Crippen LogP contribution in [0.3, 0.4) is 0 Å². The van der Waals surface area contributed by atoms with Crippen molar-refractivity contribution in [3.63, 3.8) is 0 Å². The highest BCUT2D eigenvalue weighted by Crippen LogP contribution is 2.14. The first kappa shape index (κ1) is 19.5. The molecule has 0 aromatic heterocycles. The summed E-state index contributed by atoms with van der Waals surface area (Å²) in [5.74, 6) is 1.44. The number of carbonyl (C=O) groups is 1. The Morgan fingerprint density at radius 2 is 1.12 bits per heavy atom. The number of piperidine rings is 2. The van der Waals surface area contributed by atoms with Crippen LogP contribution in [0.1, 0.15) is 53.4 Å². The highest BCUT2D eigenvalue weighted by molar-refractivity contribution is 5.74. The average molecular weight is 339 g/mol. The van der Waals surface area contributed by atoms with Crippen molar-refractivity contribution in [2.75, 3.05) is 39.3 Å². The zero-order valence-electron chi connectivity index (χ0n) is 16.2. The molecule has 0 saturated carbocycles. The Morgan fingerprint density at radius 1 is 0.792 bits per heavy atom. The van der Waals surface area contributed by atoms with Gasteiger partial charge in [0.25, 0.3) is 0 Å². The van der Waals surface area contributed by atoms with Crippen LogP contribution in [0.4, 0.5) is 4.79 Å². The molecule has 140 valence electrons. The molecule has 2 saturated heterocycles. The van der Waals surface area contributed by atoms with Crippen molar-refractivity contribution in [1.29, 1.82) is 0 Å². The van der Waals surface area contributed by atoms with Crippen molar-refractivity contribution in [1.82, 2.24) is 20.4 Å². The maximum absolute atomic E-state index is 12.2. The minimum Gasteiger partial charge on any atom is -0.335 e. The summed E-state index contributed by atoms with van der Waals surface area (Å²) in [7, 11) is 0. The lowest BCUT2D eigenvalue weighted by atomic mass is 10.0. The number of nitrogens with zero attached hydrogens (tertiary/aromatic N) is 2. The molecule has 2 rings (SSSR count). The van der Waals surface area contributed by atoms with Crippen LogP contribution < -0.4 is 10.6 Å². The van der Waals surface area contributed by atoms with E-state index in [2.05, 4.69) is 48.1 Å². The molecule has 0 unspecified atom stereocenters. The summed E-state index contributed by atoms with van der Waals surface area (Å²) in [5, 5.41) is 6.39. The van der Waals surface area contributed by atoms with Gasteiger partial charge in [0, 0.05) is 51.4 Å². The predicted molar refractivity (Wildman–Crippen MR) is 100 cm³/mol. The third kappa shape index (κ3) is 6.98. The molecule has 2 aliphatic rings. The molecule has 2 heterocycles. The minimum atomic E-state index is 0.0413. The average Bonchev–Trinajstić information content (AvgIpc) is 2.50. The minimum absolute atomic E-state index is 0.0413. The Balaban J connectivity index is 1.61. The van der Waals surface area contributed by atoms with Crippen molar-refractivity contribution in [2.24, 2.45) is 11.8 Å². The number of nitrogens with one attached hydrogen (secondary N) is 2. The van der Waals surface area contributed by atoms with Gasteiger partial charge >= 0.3 is 6.03 Å². The zero-order valence-corrected chi connectivity index (χ0v) is 16.2. The van der Waals surface area contributed by atoms with Crippen LogP contribution in [0.5, 0.6) is 0 Å². The van der Waals surface area contributed by atoms with Crippen LogP contribution in [0.25, 0.3) is 0 Å². The smallest absolute Gasteiger partial charge is 0.315 e. The highest BCUT2D eigenvalue weighted by atomic mass is 16.2. The first-order valence-electron chi connectivity index (χ1n) is 9.94. The third-order valence-electron chi connectivity index (χ3n) is 5.09. The predicted octanol–water partition coefficient (Wildman–Crippen LogP) is 2.53. The van der Waals surface area contributed by atoms with E-state index < -0.39 is 0 Å². The van der Waals surface area contributed by atoms with Gasteiger partial charge in [-0.3, -0.25) is 0 Å². The van der Waals surface area contributed by atoms with Crippen molar-refractivity contribution in [3.05, 3.63) is 0 Å². The molecule has 2 N–H and O–H groups in total. The lowest BCUT2D eigenvalue weighted by Gasteiger charge is -2.35. The van der Waals surface area contributed by atoms with Gasteiger partial charge in [-0.25, -0.2) is 4.79 Å². The fraction of sp³-hybridized carbons (Fsp3) is 0.947. The maximum Gasteiger partial charge on any atom is 0.315 e. The molecule has 0 bridgehead atoms. The molecule has 2 fully saturated rings. The molecule has 5 nitrogen and oxygen atoms in total. The van der Waals surface area contributed by atoms with E-state index in [1.807, 2.05) is 0 Å². The normalized spacial score (nSPS) is 22.2. The largest absolute Gasteiger partial charge is 0.335 e. The van der Waals surface area contributed by atoms with E-state index in [4.69, 9.17) is 0 Å². The molecule has 24 heavy (non-hydrogen) atoms. The molecular formula is C19H38N4O. The second-order valence-corrected chi connectivity index (χ2v) is 8.56. The topological polar surface area (TPSA) is 47.6 Å². The summed E-state index contributed by atoms with van der Waals surface area (Å²) in [4.78, 5) is 17.3. The monoisotopic (exact) mass is 338 g/mol. The molecule has 0 atom stereocenters. The van der Waals surface area contributed by atoms with E-state index in [9.17, 15) is 4.79 Å². The van der Waals surface area contributed by atoms with Crippen LogP contribution in [-0.4, -0.2) is 67.2 Å². The van der Waals surface area contributed by atoms with Gasteiger partial charge in [-0.05, 0) is 37.5 Å².